The highest BCUT2D eigenvalue weighted by Crippen LogP contribution is 2.28. The van der Waals surface area contributed by atoms with Crippen LogP contribution in [0.25, 0.3) is 0 Å². The first-order chi connectivity index (χ1) is 7.70. The summed E-state index contributed by atoms with van der Waals surface area (Å²) in [6.07, 6.45) is 4.78. The van der Waals surface area contributed by atoms with E-state index in [9.17, 15) is 4.79 Å². The number of hydrogen-bond acceptors (Lipinski definition) is 3. The molecule has 0 aromatic heterocycles. The summed E-state index contributed by atoms with van der Waals surface area (Å²) < 4.78 is 10.9. The zero-order chi connectivity index (χ0) is 12.0. The van der Waals surface area contributed by atoms with Gasteiger partial charge in [-0.2, -0.15) is 0 Å². The number of Topliss-reactive ketones (excluding diaryl/α,β-unsaturated/α-hetero) is 1. The Bertz CT molecular complexity index is 264. The molecule has 0 bridgehead atoms. The Morgan fingerprint density at radius 1 is 1.44 bits per heavy atom. The summed E-state index contributed by atoms with van der Waals surface area (Å²) in [4.78, 5) is 12.4. The van der Waals surface area contributed by atoms with Gasteiger partial charge in [0, 0.05) is 12.2 Å². The van der Waals surface area contributed by atoms with Crippen LogP contribution in [-0.2, 0) is 14.3 Å². The van der Waals surface area contributed by atoms with Crippen molar-refractivity contribution in [3.63, 3.8) is 0 Å². The van der Waals surface area contributed by atoms with Crippen molar-refractivity contribution in [3.05, 3.63) is 11.8 Å². The van der Waals surface area contributed by atoms with Crippen LogP contribution in [0.5, 0.6) is 0 Å². The minimum Gasteiger partial charge on any atom is -0.501 e. The molecule has 3 heteroatoms. The summed E-state index contributed by atoms with van der Waals surface area (Å²) in [5, 5.41) is 0. The van der Waals surface area contributed by atoms with Gasteiger partial charge in [-0.3, -0.25) is 4.79 Å². The van der Waals surface area contributed by atoms with Gasteiger partial charge in [0.05, 0.1) is 12.9 Å². The molecule has 0 radical (unpaired) electrons. The summed E-state index contributed by atoms with van der Waals surface area (Å²) in [6, 6.07) is 0. The van der Waals surface area contributed by atoms with E-state index in [0.717, 1.165) is 25.0 Å². The van der Waals surface area contributed by atoms with Crippen molar-refractivity contribution < 1.29 is 14.3 Å². The van der Waals surface area contributed by atoms with E-state index in [1.54, 1.807) is 6.26 Å². The lowest BCUT2D eigenvalue weighted by atomic mass is 9.86. The van der Waals surface area contributed by atoms with Gasteiger partial charge in [-0.25, -0.2) is 0 Å². The highest BCUT2D eigenvalue weighted by Gasteiger charge is 2.37. The Kier molecular flexibility index (Phi) is 5.00. The average molecular weight is 226 g/mol. The van der Waals surface area contributed by atoms with E-state index >= 15 is 0 Å². The van der Waals surface area contributed by atoms with Gasteiger partial charge in [0.2, 0.25) is 0 Å². The molecule has 3 nitrogen and oxygen atoms in total. The van der Waals surface area contributed by atoms with Crippen LogP contribution < -0.4 is 0 Å². The van der Waals surface area contributed by atoms with Gasteiger partial charge in [0.1, 0.15) is 5.60 Å². The Morgan fingerprint density at radius 3 is 2.56 bits per heavy atom. The number of rotatable bonds is 6. The van der Waals surface area contributed by atoms with Crippen molar-refractivity contribution >= 4 is 5.78 Å². The lowest BCUT2D eigenvalue weighted by molar-refractivity contribution is -0.141. The minimum absolute atomic E-state index is 0.110. The Labute approximate surface area is 97.8 Å². The highest BCUT2D eigenvalue weighted by molar-refractivity contribution is 6.01. The molecule has 0 amide bonds. The van der Waals surface area contributed by atoms with Crippen molar-refractivity contribution in [1.29, 1.82) is 0 Å². The third-order valence-corrected chi connectivity index (χ3v) is 3.20. The van der Waals surface area contributed by atoms with Crippen LogP contribution in [0.3, 0.4) is 0 Å². The number of carbonyl (C=O) groups is 1. The second-order valence-electron chi connectivity index (χ2n) is 4.08. The van der Waals surface area contributed by atoms with Crippen LogP contribution in [0.1, 0.15) is 46.5 Å². The fourth-order valence-electron chi connectivity index (χ4n) is 2.14. The minimum atomic E-state index is -0.638. The smallest absolute Gasteiger partial charge is 0.193 e. The van der Waals surface area contributed by atoms with Gasteiger partial charge < -0.3 is 9.47 Å². The molecule has 0 aliphatic carbocycles. The maximum absolute atomic E-state index is 12.4. The number of carbonyl (C=O) groups excluding carboxylic acids is 1. The second kappa shape index (κ2) is 6.04. The third kappa shape index (κ3) is 2.64. The lowest BCUT2D eigenvalue weighted by Gasteiger charge is -2.31. The van der Waals surface area contributed by atoms with E-state index in [-0.39, 0.29) is 5.78 Å². The normalized spacial score (nSPS) is 16.6. The standard InChI is InChI=1S/C13H22O3/c1-4-13(5-2,16-6-3)12(14)11-8-7-9-15-10-11/h10H,4-9H2,1-3H3. The van der Waals surface area contributed by atoms with E-state index in [1.807, 2.05) is 20.8 Å². The Hall–Kier alpha value is -0.830. The Balaban J connectivity index is 2.84. The molecule has 0 atom stereocenters. The van der Waals surface area contributed by atoms with Gasteiger partial charge in [-0.1, -0.05) is 13.8 Å². The molecular formula is C13H22O3. The van der Waals surface area contributed by atoms with Crippen molar-refractivity contribution in [2.45, 2.75) is 52.1 Å². The van der Waals surface area contributed by atoms with Crippen LogP contribution in [0, 0.1) is 0 Å². The van der Waals surface area contributed by atoms with Gasteiger partial charge in [-0.05, 0) is 32.6 Å². The summed E-state index contributed by atoms with van der Waals surface area (Å²) in [7, 11) is 0. The third-order valence-electron chi connectivity index (χ3n) is 3.20. The largest absolute Gasteiger partial charge is 0.501 e. The van der Waals surface area contributed by atoms with Gasteiger partial charge in [0.15, 0.2) is 5.78 Å². The summed E-state index contributed by atoms with van der Waals surface area (Å²) in [5.41, 5.74) is 0.143. The van der Waals surface area contributed by atoms with Crippen LogP contribution in [0.4, 0.5) is 0 Å². The van der Waals surface area contributed by atoms with Crippen LogP contribution >= 0.6 is 0 Å². The van der Waals surface area contributed by atoms with Crippen molar-refractivity contribution in [1.82, 2.24) is 0 Å². The van der Waals surface area contributed by atoms with E-state index < -0.39 is 5.60 Å². The van der Waals surface area contributed by atoms with Crippen molar-refractivity contribution in [2.75, 3.05) is 13.2 Å². The zero-order valence-corrected chi connectivity index (χ0v) is 10.5. The molecule has 1 heterocycles. The van der Waals surface area contributed by atoms with E-state index in [4.69, 9.17) is 9.47 Å². The SMILES string of the molecule is CCOC(CC)(CC)C(=O)C1=COCCC1. The molecule has 0 unspecified atom stereocenters. The van der Waals surface area contributed by atoms with Crippen LogP contribution in [0.2, 0.25) is 0 Å². The first-order valence-electron chi connectivity index (χ1n) is 6.19. The molecule has 92 valence electrons. The number of hydrogen-bond donors (Lipinski definition) is 0. The summed E-state index contributed by atoms with van der Waals surface area (Å²) >= 11 is 0. The fourth-order valence-corrected chi connectivity index (χ4v) is 2.14. The molecule has 0 spiro atoms. The molecule has 0 aromatic carbocycles. The molecule has 0 aromatic rings. The van der Waals surface area contributed by atoms with Crippen molar-refractivity contribution in [2.24, 2.45) is 0 Å². The molecule has 0 saturated heterocycles. The highest BCUT2D eigenvalue weighted by atomic mass is 16.5. The fraction of sp³-hybridized carbons (Fsp3) is 0.769. The summed E-state index contributed by atoms with van der Waals surface area (Å²) in [6.45, 7) is 7.22. The summed E-state index contributed by atoms with van der Waals surface area (Å²) in [5.74, 6) is 0.110. The van der Waals surface area contributed by atoms with Gasteiger partial charge in [-0.15, -0.1) is 0 Å². The predicted molar refractivity (Wildman–Crippen MR) is 63.2 cm³/mol. The topological polar surface area (TPSA) is 35.5 Å². The zero-order valence-electron chi connectivity index (χ0n) is 10.5. The molecule has 0 fully saturated rings. The van der Waals surface area contributed by atoms with E-state index in [1.165, 1.54) is 0 Å². The first-order valence-corrected chi connectivity index (χ1v) is 6.19. The maximum atomic E-state index is 12.4. The molecule has 1 rings (SSSR count). The van der Waals surface area contributed by atoms with Gasteiger partial charge in [0.25, 0.3) is 0 Å². The average Bonchev–Trinajstić information content (AvgIpc) is 2.36. The first kappa shape index (κ1) is 13.2. The van der Waals surface area contributed by atoms with Crippen LogP contribution in [-0.4, -0.2) is 24.6 Å². The number of ether oxygens (including phenoxy) is 2. The maximum Gasteiger partial charge on any atom is 0.193 e. The predicted octanol–water partition coefficient (Wildman–Crippen LogP) is 2.85. The molecule has 0 N–H and O–H groups in total. The molecule has 0 saturated carbocycles. The second-order valence-corrected chi connectivity index (χ2v) is 4.08. The lowest BCUT2D eigenvalue weighted by Crippen LogP contribution is -2.42. The van der Waals surface area contributed by atoms with E-state index in [2.05, 4.69) is 0 Å². The van der Waals surface area contributed by atoms with Crippen LogP contribution in [0.15, 0.2) is 11.8 Å². The van der Waals surface area contributed by atoms with E-state index in [0.29, 0.717) is 19.4 Å². The van der Waals surface area contributed by atoms with Gasteiger partial charge >= 0.3 is 0 Å². The molecular weight excluding hydrogens is 204 g/mol. The molecule has 1 aliphatic heterocycles. The molecule has 16 heavy (non-hydrogen) atoms. The van der Waals surface area contributed by atoms with Crippen molar-refractivity contribution in [3.8, 4) is 0 Å². The quantitative estimate of drug-likeness (QED) is 0.698. The Morgan fingerprint density at radius 2 is 2.12 bits per heavy atom. The number of ketones is 1. The molecule has 1 aliphatic rings. The monoisotopic (exact) mass is 226 g/mol.